The molecule has 156 valence electrons. The molecule has 2 atom stereocenters. The molecule has 0 radical (unpaired) electrons. The van der Waals surface area contributed by atoms with E-state index in [1.165, 1.54) is 0 Å². The van der Waals surface area contributed by atoms with Crippen LogP contribution >= 0.6 is 11.3 Å². The van der Waals surface area contributed by atoms with E-state index in [2.05, 4.69) is 34.3 Å². The van der Waals surface area contributed by atoms with Crippen LogP contribution in [0.5, 0.6) is 0 Å². The third-order valence-electron chi connectivity index (χ3n) is 5.95. The molecule has 1 amide bonds. The highest BCUT2D eigenvalue weighted by molar-refractivity contribution is 7.17. The lowest BCUT2D eigenvalue weighted by Gasteiger charge is -2.38. The number of carbonyl (C=O) groups is 1. The van der Waals surface area contributed by atoms with Crippen LogP contribution in [0.25, 0.3) is 32.9 Å². The van der Waals surface area contributed by atoms with Crippen molar-refractivity contribution in [2.24, 2.45) is 11.7 Å². The highest BCUT2D eigenvalue weighted by Gasteiger charge is 2.32. The number of benzene rings is 1. The van der Waals surface area contributed by atoms with Gasteiger partial charge >= 0.3 is 0 Å². The number of anilines is 1. The van der Waals surface area contributed by atoms with Gasteiger partial charge in [0.25, 0.3) is 0 Å². The lowest BCUT2D eigenvalue weighted by molar-refractivity contribution is -0.122. The zero-order valence-electron chi connectivity index (χ0n) is 17.2. The summed E-state index contributed by atoms with van der Waals surface area (Å²) < 4.78 is 0. The molecule has 5 rings (SSSR count). The van der Waals surface area contributed by atoms with Crippen molar-refractivity contribution in [2.45, 2.75) is 25.8 Å². The van der Waals surface area contributed by atoms with Gasteiger partial charge in [0.1, 0.15) is 16.3 Å². The maximum absolute atomic E-state index is 12.0. The van der Waals surface area contributed by atoms with Gasteiger partial charge in [-0.3, -0.25) is 9.78 Å². The molecule has 2 N–H and O–H groups in total. The van der Waals surface area contributed by atoms with Gasteiger partial charge in [0, 0.05) is 29.7 Å². The van der Waals surface area contributed by atoms with Crippen LogP contribution in [0.15, 0.2) is 60.1 Å². The third kappa shape index (κ3) is 3.65. The van der Waals surface area contributed by atoms with Crippen molar-refractivity contribution in [2.75, 3.05) is 11.4 Å². The van der Waals surface area contributed by atoms with E-state index in [0.717, 1.165) is 45.7 Å². The molecule has 4 aromatic rings. The topological polar surface area (TPSA) is 85.0 Å². The Labute approximate surface area is 184 Å². The van der Waals surface area contributed by atoms with Gasteiger partial charge in [-0.25, -0.2) is 9.97 Å². The van der Waals surface area contributed by atoms with Crippen molar-refractivity contribution < 1.29 is 4.79 Å². The number of nitrogens with zero attached hydrogens (tertiary/aromatic N) is 4. The fourth-order valence-corrected chi connectivity index (χ4v) is 5.15. The highest BCUT2D eigenvalue weighted by atomic mass is 32.1. The van der Waals surface area contributed by atoms with Crippen molar-refractivity contribution in [3.63, 3.8) is 0 Å². The van der Waals surface area contributed by atoms with Gasteiger partial charge in [0.15, 0.2) is 5.82 Å². The highest BCUT2D eigenvalue weighted by Crippen LogP contribution is 2.41. The predicted molar refractivity (Wildman–Crippen MR) is 125 cm³/mol. The number of pyridine rings is 1. The van der Waals surface area contributed by atoms with E-state index >= 15 is 0 Å². The standard InChI is InChI=1S/C24H23N5OS/c1-15-10-11-17(21(25)30)13-29(15)23-20-18(16-7-3-2-4-8-16)14-31-24(20)28-22(27-23)19-9-5-6-12-26-19/h2-9,12,14-15,17H,10-11,13H2,1H3,(H2,25,30)/t15-,17+/m1/s1. The summed E-state index contributed by atoms with van der Waals surface area (Å²) in [6.45, 7) is 2.74. The maximum Gasteiger partial charge on any atom is 0.222 e. The van der Waals surface area contributed by atoms with Gasteiger partial charge in [0.2, 0.25) is 5.91 Å². The van der Waals surface area contributed by atoms with Gasteiger partial charge in [-0.05, 0) is 37.5 Å². The quantitative estimate of drug-likeness (QED) is 0.516. The molecule has 7 heteroatoms. The monoisotopic (exact) mass is 429 g/mol. The maximum atomic E-state index is 12.0. The summed E-state index contributed by atoms with van der Waals surface area (Å²) in [7, 11) is 0. The molecule has 0 aliphatic carbocycles. The first-order valence-electron chi connectivity index (χ1n) is 10.4. The van der Waals surface area contributed by atoms with Crippen LogP contribution in [0.1, 0.15) is 19.8 Å². The molecule has 1 aliphatic rings. The normalized spacial score (nSPS) is 18.9. The van der Waals surface area contributed by atoms with Crippen molar-refractivity contribution >= 4 is 33.3 Å². The number of primary amides is 1. The molecule has 6 nitrogen and oxygen atoms in total. The molecular formula is C24H23N5OS. The molecule has 1 aliphatic heterocycles. The summed E-state index contributed by atoms with van der Waals surface area (Å²) >= 11 is 1.61. The second-order valence-electron chi connectivity index (χ2n) is 7.96. The molecule has 3 aromatic heterocycles. The zero-order chi connectivity index (χ0) is 21.4. The van der Waals surface area contributed by atoms with Crippen LogP contribution in [0.2, 0.25) is 0 Å². The number of fused-ring (bicyclic) bond motifs is 1. The number of amides is 1. The Balaban J connectivity index is 1.73. The Morgan fingerprint density at radius 3 is 2.65 bits per heavy atom. The minimum Gasteiger partial charge on any atom is -0.369 e. The Morgan fingerprint density at radius 1 is 1.10 bits per heavy atom. The summed E-state index contributed by atoms with van der Waals surface area (Å²) in [5, 5.41) is 3.16. The third-order valence-corrected chi connectivity index (χ3v) is 6.82. The van der Waals surface area contributed by atoms with Crippen molar-refractivity contribution in [3.8, 4) is 22.6 Å². The Bertz CT molecular complexity index is 1220. The molecule has 1 saturated heterocycles. The molecule has 31 heavy (non-hydrogen) atoms. The van der Waals surface area contributed by atoms with Crippen molar-refractivity contribution in [1.29, 1.82) is 0 Å². The number of carbonyl (C=O) groups excluding carboxylic acids is 1. The molecular weight excluding hydrogens is 406 g/mol. The first-order chi connectivity index (χ1) is 15.1. The largest absolute Gasteiger partial charge is 0.369 e. The second kappa shape index (κ2) is 8.07. The van der Waals surface area contributed by atoms with E-state index in [9.17, 15) is 4.79 Å². The molecule has 0 bridgehead atoms. The van der Waals surface area contributed by atoms with Crippen LogP contribution in [0.4, 0.5) is 5.82 Å². The summed E-state index contributed by atoms with van der Waals surface area (Å²) in [6, 6.07) is 16.3. The van der Waals surface area contributed by atoms with Gasteiger partial charge in [-0.15, -0.1) is 11.3 Å². The van der Waals surface area contributed by atoms with E-state index in [-0.39, 0.29) is 17.9 Å². The van der Waals surface area contributed by atoms with E-state index in [4.69, 9.17) is 15.7 Å². The average molecular weight is 430 g/mol. The molecule has 0 spiro atoms. The molecule has 4 heterocycles. The lowest BCUT2D eigenvalue weighted by atomic mass is 9.92. The first kappa shape index (κ1) is 19.6. The first-order valence-corrected chi connectivity index (χ1v) is 11.3. The predicted octanol–water partition coefficient (Wildman–Crippen LogP) is 4.51. The van der Waals surface area contributed by atoms with Crippen molar-refractivity contribution in [3.05, 3.63) is 60.1 Å². The van der Waals surface area contributed by atoms with Crippen LogP contribution in [0, 0.1) is 5.92 Å². The fourth-order valence-electron chi connectivity index (χ4n) is 4.21. The molecule has 1 aromatic carbocycles. The number of nitrogens with two attached hydrogens (primary N) is 1. The summed E-state index contributed by atoms with van der Waals surface area (Å²) in [5.41, 5.74) is 8.65. The van der Waals surface area contributed by atoms with E-state index in [1.807, 2.05) is 36.4 Å². The lowest BCUT2D eigenvalue weighted by Crippen LogP contribution is -2.46. The summed E-state index contributed by atoms with van der Waals surface area (Å²) in [6.07, 6.45) is 3.45. The number of hydrogen-bond donors (Lipinski definition) is 1. The van der Waals surface area contributed by atoms with Gasteiger partial charge in [0.05, 0.1) is 11.3 Å². The molecule has 1 fully saturated rings. The number of rotatable bonds is 4. The van der Waals surface area contributed by atoms with Gasteiger partial charge < -0.3 is 10.6 Å². The summed E-state index contributed by atoms with van der Waals surface area (Å²) in [5.74, 6) is 1.02. The van der Waals surface area contributed by atoms with Crippen molar-refractivity contribution in [1.82, 2.24) is 15.0 Å². The van der Waals surface area contributed by atoms with Crippen LogP contribution in [-0.2, 0) is 4.79 Å². The number of thiophene rings is 1. The van der Waals surface area contributed by atoms with E-state index < -0.39 is 0 Å². The van der Waals surface area contributed by atoms with Crippen LogP contribution in [-0.4, -0.2) is 33.4 Å². The average Bonchev–Trinajstić information content (AvgIpc) is 3.24. The molecule has 0 unspecified atom stereocenters. The summed E-state index contributed by atoms with van der Waals surface area (Å²) in [4.78, 5) is 29.4. The zero-order valence-corrected chi connectivity index (χ0v) is 18.0. The Morgan fingerprint density at radius 2 is 1.90 bits per heavy atom. The number of hydrogen-bond acceptors (Lipinski definition) is 6. The number of aromatic nitrogens is 3. The minimum atomic E-state index is -0.249. The Kier molecular flexibility index (Phi) is 5.11. The minimum absolute atomic E-state index is 0.182. The van der Waals surface area contributed by atoms with Crippen LogP contribution in [0.3, 0.4) is 0 Å². The second-order valence-corrected chi connectivity index (χ2v) is 8.82. The number of piperidine rings is 1. The fraction of sp³-hybridized carbons (Fsp3) is 0.250. The SMILES string of the molecule is C[C@@H]1CC[C@H](C(N)=O)CN1c1nc(-c2ccccn2)nc2scc(-c3ccccc3)c12. The smallest absolute Gasteiger partial charge is 0.222 e. The van der Waals surface area contributed by atoms with Gasteiger partial charge in [-0.2, -0.15) is 0 Å². The molecule has 0 saturated carbocycles. The van der Waals surface area contributed by atoms with E-state index in [1.54, 1.807) is 17.5 Å². The van der Waals surface area contributed by atoms with E-state index in [0.29, 0.717) is 12.4 Å². The Hall–Kier alpha value is -3.32. The van der Waals surface area contributed by atoms with Crippen LogP contribution < -0.4 is 10.6 Å². The van der Waals surface area contributed by atoms with Gasteiger partial charge in [-0.1, -0.05) is 36.4 Å².